The molecular formula is C27H27ClN4O2. The zero-order chi connectivity index (χ0) is 24.1. The fraction of sp³-hybridized carbons (Fsp3) is 0.222. The van der Waals surface area contributed by atoms with E-state index in [1.807, 2.05) is 67.7 Å². The van der Waals surface area contributed by atoms with Gasteiger partial charge >= 0.3 is 0 Å². The summed E-state index contributed by atoms with van der Waals surface area (Å²) in [6, 6.07) is 23.3. The zero-order valence-electron chi connectivity index (χ0n) is 19.2. The molecule has 0 aromatic heterocycles. The molecule has 0 fully saturated rings. The molecule has 0 aliphatic carbocycles. The van der Waals surface area contributed by atoms with Crippen LogP contribution in [-0.4, -0.2) is 42.6 Å². The smallest absolute Gasteiger partial charge is 0.238 e. The first-order chi connectivity index (χ1) is 16.4. The molecule has 0 spiro atoms. The van der Waals surface area contributed by atoms with Crippen molar-refractivity contribution in [3.05, 3.63) is 94.5 Å². The lowest BCUT2D eigenvalue weighted by Gasteiger charge is -2.17. The van der Waals surface area contributed by atoms with Crippen LogP contribution in [-0.2, 0) is 16.1 Å². The molecule has 1 atom stereocenters. The number of benzene rings is 3. The Bertz CT molecular complexity index is 1210. The third-order valence-electron chi connectivity index (χ3n) is 5.70. The Morgan fingerprint density at radius 1 is 1.09 bits per heavy atom. The first-order valence-corrected chi connectivity index (χ1v) is 11.5. The highest BCUT2D eigenvalue weighted by molar-refractivity contribution is 6.31. The van der Waals surface area contributed by atoms with Gasteiger partial charge in [0.25, 0.3) is 0 Å². The molecule has 1 unspecified atom stereocenters. The second-order valence-corrected chi connectivity index (χ2v) is 8.84. The molecular weight excluding hydrogens is 448 g/mol. The summed E-state index contributed by atoms with van der Waals surface area (Å²) < 4.78 is 0. The summed E-state index contributed by atoms with van der Waals surface area (Å²) in [6.07, 6.45) is 0. The van der Waals surface area contributed by atoms with E-state index in [4.69, 9.17) is 16.6 Å². The van der Waals surface area contributed by atoms with Gasteiger partial charge in [-0.25, -0.2) is 0 Å². The normalized spacial score (nSPS) is 15.2. The Balaban J connectivity index is 1.59. The SMILES string of the molecule is CC(=O)NCCN(C)Cc1ccc(N=C(c2ccccc2)C2C(=O)Nc3cc(Cl)ccc32)cc1. The second kappa shape index (κ2) is 10.6. The number of hydrogen-bond donors (Lipinski definition) is 2. The van der Waals surface area contributed by atoms with Gasteiger partial charge in [0.2, 0.25) is 11.8 Å². The molecule has 1 aliphatic heterocycles. The highest BCUT2D eigenvalue weighted by atomic mass is 35.5. The van der Waals surface area contributed by atoms with E-state index in [0.717, 1.165) is 41.2 Å². The molecule has 3 aromatic carbocycles. The van der Waals surface area contributed by atoms with Gasteiger partial charge in [-0.05, 0) is 48.0 Å². The minimum atomic E-state index is -0.519. The van der Waals surface area contributed by atoms with E-state index in [1.165, 1.54) is 6.92 Å². The number of nitrogens with zero attached hydrogens (tertiary/aromatic N) is 2. The summed E-state index contributed by atoms with van der Waals surface area (Å²) >= 11 is 6.13. The van der Waals surface area contributed by atoms with Gasteiger partial charge < -0.3 is 15.5 Å². The average molecular weight is 475 g/mol. The Kier molecular flexibility index (Phi) is 7.40. The summed E-state index contributed by atoms with van der Waals surface area (Å²) in [4.78, 5) is 31.1. The molecule has 0 saturated carbocycles. The molecule has 0 radical (unpaired) electrons. The van der Waals surface area contributed by atoms with Crippen LogP contribution in [0.25, 0.3) is 0 Å². The summed E-state index contributed by atoms with van der Waals surface area (Å²) in [5.41, 5.74) is 5.10. The van der Waals surface area contributed by atoms with E-state index < -0.39 is 5.92 Å². The van der Waals surface area contributed by atoms with E-state index in [2.05, 4.69) is 15.5 Å². The van der Waals surface area contributed by atoms with Crippen molar-refractivity contribution in [2.24, 2.45) is 4.99 Å². The molecule has 6 nitrogen and oxygen atoms in total. The number of carbonyl (C=O) groups is 2. The third kappa shape index (κ3) is 5.71. The summed E-state index contributed by atoms with van der Waals surface area (Å²) in [6.45, 7) is 3.66. The Morgan fingerprint density at radius 3 is 2.53 bits per heavy atom. The molecule has 0 saturated heterocycles. The molecule has 2 amide bonds. The number of nitrogens with one attached hydrogen (secondary N) is 2. The van der Waals surface area contributed by atoms with Crippen molar-refractivity contribution in [2.75, 3.05) is 25.5 Å². The van der Waals surface area contributed by atoms with Crippen LogP contribution in [0.4, 0.5) is 11.4 Å². The number of amides is 2. The molecule has 3 aromatic rings. The molecule has 174 valence electrons. The van der Waals surface area contributed by atoms with Crippen molar-refractivity contribution in [1.82, 2.24) is 10.2 Å². The van der Waals surface area contributed by atoms with Gasteiger partial charge in [0.05, 0.1) is 11.4 Å². The van der Waals surface area contributed by atoms with Crippen molar-refractivity contribution >= 4 is 40.5 Å². The highest BCUT2D eigenvalue weighted by Crippen LogP contribution is 2.37. The van der Waals surface area contributed by atoms with Crippen LogP contribution >= 0.6 is 11.6 Å². The maximum atomic E-state index is 13.0. The number of rotatable bonds is 8. The van der Waals surface area contributed by atoms with Crippen LogP contribution in [0.5, 0.6) is 0 Å². The van der Waals surface area contributed by atoms with Crippen LogP contribution in [0.1, 0.15) is 29.5 Å². The minimum absolute atomic E-state index is 0.0218. The zero-order valence-corrected chi connectivity index (χ0v) is 20.0. The van der Waals surface area contributed by atoms with E-state index >= 15 is 0 Å². The topological polar surface area (TPSA) is 73.8 Å². The quantitative estimate of drug-likeness (QED) is 0.462. The van der Waals surface area contributed by atoms with Crippen molar-refractivity contribution < 1.29 is 9.59 Å². The Labute approximate surface area is 204 Å². The largest absolute Gasteiger partial charge is 0.355 e. The summed E-state index contributed by atoms with van der Waals surface area (Å²) in [7, 11) is 2.02. The summed E-state index contributed by atoms with van der Waals surface area (Å²) in [5.74, 6) is -0.655. The van der Waals surface area contributed by atoms with Gasteiger partial charge in [0, 0.05) is 37.3 Å². The number of carbonyl (C=O) groups excluding carboxylic acids is 2. The fourth-order valence-electron chi connectivity index (χ4n) is 4.04. The van der Waals surface area contributed by atoms with Crippen LogP contribution in [0, 0.1) is 0 Å². The van der Waals surface area contributed by atoms with Crippen LogP contribution < -0.4 is 10.6 Å². The number of anilines is 1. The van der Waals surface area contributed by atoms with Gasteiger partial charge in [-0.15, -0.1) is 0 Å². The lowest BCUT2D eigenvalue weighted by Crippen LogP contribution is -2.31. The maximum absolute atomic E-state index is 13.0. The van der Waals surface area contributed by atoms with E-state index in [0.29, 0.717) is 17.3 Å². The van der Waals surface area contributed by atoms with Crippen LogP contribution in [0.3, 0.4) is 0 Å². The molecule has 7 heteroatoms. The van der Waals surface area contributed by atoms with Crippen molar-refractivity contribution in [3.8, 4) is 0 Å². The van der Waals surface area contributed by atoms with Crippen molar-refractivity contribution in [3.63, 3.8) is 0 Å². The molecule has 4 rings (SSSR count). The number of likely N-dealkylation sites (N-methyl/N-ethyl adjacent to an activating group) is 1. The highest BCUT2D eigenvalue weighted by Gasteiger charge is 2.35. The monoisotopic (exact) mass is 474 g/mol. The number of aliphatic imine (C=N–C) groups is 1. The first kappa shape index (κ1) is 23.7. The van der Waals surface area contributed by atoms with Gasteiger partial charge in [-0.3, -0.25) is 14.6 Å². The van der Waals surface area contributed by atoms with Crippen molar-refractivity contribution in [1.29, 1.82) is 0 Å². The van der Waals surface area contributed by atoms with E-state index in [-0.39, 0.29) is 11.8 Å². The summed E-state index contributed by atoms with van der Waals surface area (Å²) in [5, 5.41) is 6.33. The lowest BCUT2D eigenvalue weighted by atomic mass is 9.90. The van der Waals surface area contributed by atoms with Crippen LogP contribution in [0.2, 0.25) is 5.02 Å². The molecule has 1 aliphatic rings. The maximum Gasteiger partial charge on any atom is 0.238 e. The predicted octanol–water partition coefficient (Wildman–Crippen LogP) is 4.76. The van der Waals surface area contributed by atoms with E-state index in [9.17, 15) is 9.59 Å². The number of halogens is 1. The Hall–Kier alpha value is -3.48. The standard InChI is InChI=1S/C27H27ClN4O2/c1-18(33)29-14-15-32(2)17-19-8-11-22(12-9-19)30-26(20-6-4-3-5-7-20)25-23-13-10-21(28)16-24(23)31-27(25)34/h3-13,16,25H,14-15,17H2,1-2H3,(H,29,33)(H,31,34). The van der Waals surface area contributed by atoms with Gasteiger partial charge in [-0.2, -0.15) is 0 Å². The number of fused-ring (bicyclic) bond motifs is 1. The molecule has 0 bridgehead atoms. The van der Waals surface area contributed by atoms with Gasteiger partial charge in [0.15, 0.2) is 0 Å². The lowest BCUT2D eigenvalue weighted by molar-refractivity contribution is -0.119. The number of hydrogen-bond acceptors (Lipinski definition) is 4. The average Bonchev–Trinajstić information content (AvgIpc) is 3.13. The molecule has 1 heterocycles. The minimum Gasteiger partial charge on any atom is -0.355 e. The van der Waals surface area contributed by atoms with E-state index in [1.54, 1.807) is 12.1 Å². The van der Waals surface area contributed by atoms with Gasteiger partial charge in [-0.1, -0.05) is 60.1 Å². The molecule has 34 heavy (non-hydrogen) atoms. The van der Waals surface area contributed by atoms with Gasteiger partial charge in [0.1, 0.15) is 5.92 Å². The molecule has 2 N–H and O–H groups in total. The third-order valence-corrected chi connectivity index (χ3v) is 5.93. The van der Waals surface area contributed by atoms with Crippen molar-refractivity contribution in [2.45, 2.75) is 19.4 Å². The Morgan fingerprint density at radius 2 is 1.82 bits per heavy atom. The second-order valence-electron chi connectivity index (χ2n) is 8.40. The van der Waals surface area contributed by atoms with Crippen LogP contribution in [0.15, 0.2) is 77.8 Å². The predicted molar refractivity (Wildman–Crippen MR) is 137 cm³/mol. The fourth-order valence-corrected chi connectivity index (χ4v) is 4.21. The first-order valence-electron chi connectivity index (χ1n) is 11.2.